The van der Waals surface area contributed by atoms with Gasteiger partial charge < -0.3 is 14.8 Å². The first-order valence-electron chi connectivity index (χ1n) is 10.3. The Kier molecular flexibility index (Phi) is 7.12. The second kappa shape index (κ2) is 9.48. The lowest BCUT2D eigenvalue weighted by Gasteiger charge is -2.18. The van der Waals surface area contributed by atoms with Crippen molar-refractivity contribution >= 4 is 44.4 Å². The highest BCUT2D eigenvalue weighted by Gasteiger charge is 2.23. The van der Waals surface area contributed by atoms with Gasteiger partial charge in [-0.2, -0.15) is 4.31 Å². The smallest absolute Gasteiger partial charge is 0.321 e. The molecule has 0 saturated heterocycles. The highest BCUT2D eigenvalue weighted by Crippen LogP contribution is 2.23. The number of carbonyl (C=O) groups excluding carboxylic acids is 1. The number of fused-ring (bicyclic) bond motifs is 1. The van der Waals surface area contributed by atoms with Gasteiger partial charge >= 0.3 is 6.03 Å². The van der Waals surface area contributed by atoms with Crippen LogP contribution < -0.4 is 5.32 Å². The predicted molar refractivity (Wildman–Crippen MR) is 127 cm³/mol. The third kappa shape index (κ3) is 4.74. The number of rotatable bonds is 7. The number of halogens is 1. The molecular formula is C22H28ClN5O3S. The molecule has 0 aliphatic rings. The van der Waals surface area contributed by atoms with Crippen molar-refractivity contribution in [3.63, 3.8) is 0 Å². The third-order valence-corrected chi connectivity index (χ3v) is 7.89. The number of hydrogen-bond donors (Lipinski definition) is 1. The number of urea groups is 1. The van der Waals surface area contributed by atoms with Gasteiger partial charge in [-0.1, -0.05) is 31.5 Å². The van der Waals surface area contributed by atoms with Crippen molar-refractivity contribution in [3.8, 4) is 0 Å². The summed E-state index contributed by atoms with van der Waals surface area (Å²) in [4.78, 5) is 18.9. The van der Waals surface area contributed by atoms with Gasteiger partial charge in [0.05, 0.1) is 22.5 Å². The number of benzene rings is 2. The molecule has 1 N–H and O–H groups in total. The Balaban J connectivity index is 1.82. The topological polar surface area (TPSA) is 87.5 Å². The van der Waals surface area contributed by atoms with Crippen LogP contribution in [0.25, 0.3) is 11.0 Å². The van der Waals surface area contributed by atoms with Crippen LogP contribution in [-0.4, -0.2) is 53.3 Å². The first kappa shape index (κ1) is 24.0. The number of carbonyl (C=O) groups is 1. The van der Waals surface area contributed by atoms with Crippen molar-refractivity contribution in [2.75, 3.05) is 25.5 Å². The van der Waals surface area contributed by atoms with Gasteiger partial charge in [0.2, 0.25) is 10.0 Å². The fraction of sp³-hybridized carbons (Fsp3) is 0.364. The standard InChI is InChI=1S/C22H28ClN5O3S/c1-6-28(7-2)32(30,31)17-10-11-20-19(13-17)25-21(27(20)5)14-26(4)22(29)24-16-9-8-15(3)18(23)12-16/h8-13H,6-7,14H2,1-5H3,(H,24,29). The second-order valence-corrected chi connectivity index (χ2v) is 9.92. The summed E-state index contributed by atoms with van der Waals surface area (Å²) in [5.41, 5.74) is 2.89. The number of hydrogen-bond acceptors (Lipinski definition) is 4. The molecule has 0 saturated carbocycles. The summed E-state index contributed by atoms with van der Waals surface area (Å²) in [6.45, 7) is 6.56. The number of sulfonamides is 1. The Morgan fingerprint density at radius 1 is 1.16 bits per heavy atom. The van der Waals surface area contributed by atoms with Crippen LogP contribution in [0.2, 0.25) is 5.02 Å². The number of nitrogens with zero attached hydrogens (tertiary/aromatic N) is 4. The van der Waals surface area contributed by atoms with Crippen molar-refractivity contribution in [2.45, 2.75) is 32.2 Å². The second-order valence-electron chi connectivity index (χ2n) is 7.58. The number of imidazole rings is 1. The molecule has 0 unspecified atom stereocenters. The van der Waals surface area contributed by atoms with Gasteiger partial charge in [0.25, 0.3) is 0 Å². The fourth-order valence-corrected chi connectivity index (χ4v) is 5.08. The maximum absolute atomic E-state index is 12.8. The molecule has 0 atom stereocenters. The number of anilines is 1. The minimum atomic E-state index is -3.58. The molecule has 10 heteroatoms. The van der Waals surface area contributed by atoms with E-state index < -0.39 is 10.0 Å². The number of aryl methyl sites for hydroxylation is 2. The summed E-state index contributed by atoms with van der Waals surface area (Å²) in [6, 6.07) is 9.96. The monoisotopic (exact) mass is 477 g/mol. The molecule has 1 aromatic heterocycles. The van der Waals surface area contributed by atoms with Gasteiger partial charge in [0, 0.05) is 37.9 Å². The first-order chi connectivity index (χ1) is 15.1. The van der Waals surface area contributed by atoms with E-state index >= 15 is 0 Å². The van der Waals surface area contributed by atoms with Crippen LogP contribution in [0.1, 0.15) is 25.2 Å². The van der Waals surface area contributed by atoms with Gasteiger partial charge in [-0.05, 0) is 42.8 Å². The lowest BCUT2D eigenvalue weighted by Crippen LogP contribution is -2.31. The molecule has 2 amide bonds. The summed E-state index contributed by atoms with van der Waals surface area (Å²) in [5, 5.41) is 3.40. The summed E-state index contributed by atoms with van der Waals surface area (Å²) >= 11 is 6.13. The summed E-state index contributed by atoms with van der Waals surface area (Å²) in [7, 11) is -0.0659. The molecule has 0 spiro atoms. The molecule has 3 aromatic rings. The maximum atomic E-state index is 12.8. The van der Waals surface area contributed by atoms with Crippen LogP contribution in [0.4, 0.5) is 10.5 Å². The van der Waals surface area contributed by atoms with Crippen molar-refractivity contribution in [3.05, 3.63) is 52.8 Å². The SMILES string of the molecule is CCN(CC)S(=O)(=O)c1ccc2c(c1)nc(CN(C)C(=O)Nc1ccc(C)c(Cl)c1)n2C. The Morgan fingerprint density at radius 3 is 2.47 bits per heavy atom. The van der Waals surface area contributed by atoms with Gasteiger partial charge in [0.15, 0.2) is 0 Å². The predicted octanol–water partition coefficient (Wildman–Crippen LogP) is 4.23. The average Bonchev–Trinajstić information content (AvgIpc) is 3.06. The molecule has 0 radical (unpaired) electrons. The lowest BCUT2D eigenvalue weighted by atomic mass is 10.2. The number of amides is 2. The summed E-state index contributed by atoms with van der Waals surface area (Å²) in [5.74, 6) is 0.636. The third-order valence-electron chi connectivity index (χ3n) is 5.44. The Labute approximate surface area is 193 Å². The quantitative estimate of drug-likeness (QED) is 0.551. The van der Waals surface area contributed by atoms with E-state index in [-0.39, 0.29) is 17.5 Å². The molecule has 172 valence electrons. The number of nitrogens with one attached hydrogen (secondary N) is 1. The van der Waals surface area contributed by atoms with E-state index in [1.54, 1.807) is 37.4 Å². The zero-order valence-corrected chi connectivity index (χ0v) is 20.5. The van der Waals surface area contributed by atoms with E-state index in [2.05, 4.69) is 10.3 Å². The average molecular weight is 478 g/mol. The van der Waals surface area contributed by atoms with Gasteiger partial charge in [-0.25, -0.2) is 18.2 Å². The van der Waals surface area contributed by atoms with Crippen LogP contribution >= 0.6 is 11.6 Å². The zero-order valence-electron chi connectivity index (χ0n) is 18.9. The van der Waals surface area contributed by atoms with Crippen LogP contribution in [-0.2, 0) is 23.6 Å². The molecule has 1 heterocycles. The Hall–Kier alpha value is -2.62. The zero-order chi connectivity index (χ0) is 23.6. The van der Waals surface area contributed by atoms with Crippen LogP contribution in [0.5, 0.6) is 0 Å². The van der Waals surface area contributed by atoms with Crippen molar-refractivity contribution in [2.24, 2.45) is 7.05 Å². The minimum absolute atomic E-state index is 0.209. The van der Waals surface area contributed by atoms with E-state index in [1.165, 1.54) is 9.21 Å². The normalized spacial score (nSPS) is 11.8. The van der Waals surface area contributed by atoms with Crippen LogP contribution in [0, 0.1) is 6.92 Å². The largest absolute Gasteiger partial charge is 0.330 e. The fourth-order valence-electron chi connectivity index (χ4n) is 3.42. The van der Waals surface area contributed by atoms with E-state index in [0.29, 0.717) is 35.1 Å². The van der Waals surface area contributed by atoms with Crippen molar-refractivity contribution in [1.29, 1.82) is 0 Å². The van der Waals surface area contributed by atoms with E-state index in [9.17, 15) is 13.2 Å². The highest BCUT2D eigenvalue weighted by atomic mass is 35.5. The highest BCUT2D eigenvalue weighted by molar-refractivity contribution is 7.89. The first-order valence-corrected chi connectivity index (χ1v) is 12.1. The summed E-state index contributed by atoms with van der Waals surface area (Å²) in [6.07, 6.45) is 0. The van der Waals surface area contributed by atoms with Gasteiger partial charge in [-0.15, -0.1) is 0 Å². The Bertz CT molecular complexity index is 1250. The number of aromatic nitrogens is 2. The molecular weight excluding hydrogens is 450 g/mol. The molecule has 0 aliphatic heterocycles. The minimum Gasteiger partial charge on any atom is -0.330 e. The summed E-state index contributed by atoms with van der Waals surface area (Å²) < 4.78 is 28.9. The van der Waals surface area contributed by atoms with Crippen molar-refractivity contribution < 1.29 is 13.2 Å². The molecule has 0 fully saturated rings. The van der Waals surface area contributed by atoms with E-state index in [4.69, 9.17) is 11.6 Å². The molecule has 0 bridgehead atoms. The van der Waals surface area contributed by atoms with E-state index in [1.807, 2.05) is 38.5 Å². The van der Waals surface area contributed by atoms with E-state index in [0.717, 1.165) is 11.1 Å². The maximum Gasteiger partial charge on any atom is 0.321 e. The van der Waals surface area contributed by atoms with Crippen LogP contribution in [0.3, 0.4) is 0 Å². The molecule has 2 aromatic carbocycles. The van der Waals surface area contributed by atoms with Crippen molar-refractivity contribution in [1.82, 2.24) is 18.8 Å². The van der Waals surface area contributed by atoms with Gasteiger partial charge in [-0.3, -0.25) is 0 Å². The van der Waals surface area contributed by atoms with Crippen LogP contribution in [0.15, 0.2) is 41.3 Å². The molecule has 32 heavy (non-hydrogen) atoms. The molecule has 8 nitrogen and oxygen atoms in total. The lowest BCUT2D eigenvalue weighted by molar-refractivity contribution is 0.219. The molecule has 3 rings (SSSR count). The Morgan fingerprint density at radius 2 is 1.84 bits per heavy atom. The molecule has 0 aliphatic carbocycles. The van der Waals surface area contributed by atoms with Gasteiger partial charge in [0.1, 0.15) is 5.82 Å².